The van der Waals surface area contributed by atoms with Crippen molar-refractivity contribution in [2.45, 2.75) is 13.0 Å². The highest BCUT2D eigenvalue weighted by Crippen LogP contribution is 2.31. The van der Waals surface area contributed by atoms with E-state index in [9.17, 15) is 12.8 Å². The first-order chi connectivity index (χ1) is 12.4. The number of rotatable bonds is 7. The zero-order chi connectivity index (χ0) is 18.6. The molecular weight excluding hydrogens is 355 g/mol. The third-order valence-electron chi connectivity index (χ3n) is 3.85. The second-order valence-electron chi connectivity index (χ2n) is 5.90. The lowest BCUT2D eigenvalue weighted by Crippen LogP contribution is -2.23. The van der Waals surface area contributed by atoms with Crippen molar-refractivity contribution in [1.29, 1.82) is 0 Å². The van der Waals surface area contributed by atoms with E-state index >= 15 is 0 Å². The highest BCUT2D eigenvalue weighted by atomic mass is 32.2. The molecule has 6 nitrogen and oxygen atoms in total. The van der Waals surface area contributed by atoms with Crippen molar-refractivity contribution in [3.63, 3.8) is 0 Å². The van der Waals surface area contributed by atoms with Crippen molar-refractivity contribution in [2.75, 3.05) is 12.8 Å². The summed E-state index contributed by atoms with van der Waals surface area (Å²) in [6, 6.07) is 9.96. The van der Waals surface area contributed by atoms with Gasteiger partial charge in [0.1, 0.15) is 5.82 Å². The van der Waals surface area contributed by atoms with Crippen LogP contribution < -0.4 is 4.72 Å². The Bertz CT molecular complexity index is 970. The van der Waals surface area contributed by atoms with Gasteiger partial charge in [0, 0.05) is 36.6 Å². The Kier molecular flexibility index (Phi) is 5.43. The molecule has 0 atom stereocenters. The molecular formula is C18H19FN4O2S. The zero-order valence-corrected chi connectivity index (χ0v) is 15.1. The van der Waals surface area contributed by atoms with Crippen LogP contribution in [-0.2, 0) is 16.6 Å². The number of halogens is 1. The average Bonchev–Trinajstić information content (AvgIpc) is 3.03. The molecule has 0 aliphatic rings. The van der Waals surface area contributed by atoms with E-state index in [0.29, 0.717) is 19.5 Å². The molecule has 1 aromatic carbocycles. The van der Waals surface area contributed by atoms with Gasteiger partial charge in [-0.1, -0.05) is 0 Å². The maximum absolute atomic E-state index is 13.2. The first-order valence-electron chi connectivity index (χ1n) is 8.10. The van der Waals surface area contributed by atoms with E-state index in [4.69, 9.17) is 0 Å². The van der Waals surface area contributed by atoms with Gasteiger partial charge in [-0.15, -0.1) is 0 Å². The van der Waals surface area contributed by atoms with E-state index in [0.717, 1.165) is 28.8 Å². The molecule has 136 valence electrons. The quantitative estimate of drug-likeness (QED) is 0.645. The van der Waals surface area contributed by atoms with Gasteiger partial charge in [-0.05, 0) is 42.8 Å². The fourth-order valence-electron chi connectivity index (χ4n) is 2.69. The van der Waals surface area contributed by atoms with Gasteiger partial charge in [0.2, 0.25) is 10.0 Å². The summed E-state index contributed by atoms with van der Waals surface area (Å²) >= 11 is 0. The van der Waals surface area contributed by atoms with Crippen LogP contribution in [0.15, 0.2) is 55.1 Å². The molecule has 26 heavy (non-hydrogen) atoms. The van der Waals surface area contributed by atoms with Crippen molar-refractivity contribution in [2.24, 2.45) is 0 Å². The molecule has 1 N–H and O–H groups in total. The summed E-state index contributed by atoms with van der Waals surface area (Å²) in [5.74, 6) is -0.300. The van der Waals surface area contributed by atoms with Crippen LogP contribution in [0.4, 0.5) is 4.39 Å². The standard InChI is InChI=1S/C18H19FN4O2S/c1-26(24,25)22-9-2-12-23-13-21-17(14-3-5-16(19)6-4-14)18(23)15-7-10-20-11-8-15/h3-8,10-11,13,22H,2,9,12H2,1H3. The van der Waals surface area contributed by atoms with Gasteiger partial charge < -0.3 is 4.57 Å². The van der Waals surface area contributed by atoms with Crippen molar-refractivity contribution in [3.8, 4) is 22.5 Å². The molecule has 0 saturated heterocycles. The summed E-state index contributed by atoms with van der Waals surface area (Å²) in [5, 5.41) is 0. The van der Waals surface area contributed by atoms with Crippen molar-refractivity contribution in [1.82, 2.24) is 19.3 Å². The molecule has 0 fully saturated rings. The number of sulfonamides is 1. The molecule has 2 aromatic heterocycles. The normalized spacial score (nSPS) is 11.6. The second kappa shape index (κ2) is 7.76. The van der Waals surface area contributed by atoms with Crippen LogP contribution in [0, 0.1) is 5.82 Å². The summed E-state index contributed by atoms with van der Waals surface area (Å²) < 4.78 is 40.1. The fraction of sp³-hybridized carbons (Fsp3) is 0.222. The average molecular weight is 374 g/mol. The van der Waals surface area contributed by atoms with E-state index in [-0.39, 0.29) is 5.82 Å². The van der Waals surface area contributed by atoms with Crippen LogP contribution in [0.5, 0.6) is 0 Å². The maximum atomic E-state index is 13.2. The van der Waals surface area contributed by atoms with Gasteiger partial charge in [0.15, 0.2) is 0 Å². The number of hydrogen-bond acceptors (Lipinski definition) is 4. The molecule has 0 unspecified atom stereocenters. The Morgan fingerprint density at radius 3 is 2.42 bits per heavy atom. The van der Waals surface area contributed by atoms with Crippen molar-refractivity contribution < 1.29 is 12.8 Å². The third kappa shape index (κ3) is 4.53. The minimum atomic E-state index is -3.20. The molecule has 2 heterocycles. The molecule has 0 aliphatic carbocycles. The smallest absolute Gasteiger partial charge is 0.208 e. The van der Waals surface area contributed by atoms with Crippen molar-refractivity contribution in [3.05, 3.63) is 60.9 Å². The summed E-state index contributed by atoms with van der Waals surface area (Å²) in [7, 11) is -3.20. The molecule has 0 bridgehead atoms. The number of aryl methyl sites for hydroxylation is 1. The van der Waals surface area contributed by atoms with E-state index in [2.05, 4.69) is 14.7 Å². The minimum absolute atomic E-state index is 0.300. The Labute approximate surface area is 151 Å². The molecule has 8 heteroatoms. The minimum Gasteiger partial charge on any atom is -0.330 e. The van der Waals surface area contributed by atoms with Crippen LogP contribution in [0.3, 0.4) is 0 Å². The Balaban J connectivity index is 1.91. The predicted octanol–water partition coefficient (Wildman–Crippen LogP) is 2.69. The van der Waals surface area contributed by atoms with Crippen molar-refractivity contribution >= 4 is 10.0 Å². The Morgan fingerprint density at radius 1 is 1.08 bits per heavy atom. The fourth-order valence-corrected chi connectivity index (χ4v) is 3.21. The third-order valence-corrected chi connectivity index (χ3v) is 4.58. The number of nitrogens with one attached hydrogen (secondary N) is 1. The van der Waals surface area contributed by atoms with Gasteiger partial charge >= 0.3 is 0 Å². The number of hydrogen-bond donors (Lipinski definition) is 1. The van der Waals surface area contributed by atoms with E-state index in [1.54, 1.807) is 30.9 Å². The molecule has 0 radical (unpaired) electrons. The molecule has 0 aliphatic heterocycles. The number of aromatic nitrogens is 3. The van der Waals surface area contributed by atoms with E-state index < -0.39 is 10.0 Å². The molecule has 3 rings (SSSR count). The lowest BCUT2D eigenvalue weighted by molar-refractivity contribution is 0.576. The Hall–Kier alpha value is -2.58. The van der Waals surface area contributed by atoms with Crippen LogP contribution in [0.25, 0.3) is 22.5 Å². The zero-order valence-electron chi connectivity index (χ0n) is 14.3. The predicted molar refractivity (Wildman–Crippen MR) is 98.3 cm³/mol. The van der Waals surface area contributed by atoms with E-state index in [1.807, 2.05) is 16.7 Å². The van der Waals surface area contributed by atoms with Gasteiger partial charge in [-0.3, -0.25) is 4.98 Å². The molecule has 0 spiro atoms. The molecule has 3 aromatic rings. The summed E-state index contributed by atoms with van der Waals surface area (Å²) in [4.78, 5) is 8.55. The summed E-state index contributed by atoms with van der Waals surface area (Å²) in [6.45, 7) is 0.938. The Morgan fingerprint density at radius 2 is 1.77 bits per heavy atom. The van der Waals surface area contributed by atoms with Crippen LogP contribution >= 0.6 is 0 Å². The van der Waals surface area contributed by atoms with E-state index in [1.165, 1.54) is 12.1 Å². The van der Waals surface area contributed by atoms with Gasteiger partial charge in [0.25, 0.3) is 0 Å². The maximum Gasteiger partial charge on any atom is 0.208 e. The van der Waals surface area contributed by atoms with Crippen LogP contribution in [-0.4, -0.2) is 35.8 Å². The lowest BCUT2D eigenvalue weighted by atomic mass is 10.1. The number of pyridine rings is 1. The van der Waals surface area contributed by atoms with Crippen LogP contribution in [0.1, 0.15) is 6.42 Å². The van der Waals surface area contributed by atoms with Gasteiger partial charge in [-0.2, -0.15) is 0 Å². The monoisotopic (exact) mass is 374 g/mol. The number of nitrogens with zero attached hydrogens (tertiary/aromatic N) is 3. The summed E-state index contributed by atoms with van der Waals surface area (Å²) in [6.07, 6.45) is 6.87. The summed E-state index contributed by atoms with van der Waals surface area (Å²) in [5.41, 5.74) is 3.38. The molecule has 0 saturated carbocycles. The largest absolute Gasteiger partial charge is 0.330 e. The topological polar surface area (TPSA) is 76.9 Å². The highest BCUT2D eigenvalue weighted by molar-refractivity contribution is 7.88. The van der Waals surface area contributed by atoms with Gasteiger partial charge in [0.05, 0.1) is 24.0 Å². The SMILES string of the molecule is CS(=O)(=O)NCCCn1cnc(-c2ccc(F)cc2)c1-c1ccncc1. The first kappa shape index (κ1) is 18.2. The number of benzene rings is 1. The number of imidazole rings is 1. The lowest BCUT2D eigenvalue weighted by Gasteiger charge is -2.11. The van der Waals surface area contributed by atoms with Crippen LogP contribution in [0.2, 0.25) is 0 Å². The first-order valence-corrected chi connectivity index (χ1v) is 9.99. The highest BCUT2D eigenvalue weighted by Gasteiger charge is 2.15. The molecule has 0 amide bonds. The van der Waals surface area contributed by atoms with Gasteiger partial charge in [-0.25, -0.2) is 22.5 Å². The second-order valence-corrected chi connectivity index (χ2v) is 7.73.